The fourth-order valence-corrected chi connectivity index (χ4v) is 7.93. The van der Waals surface area contributed by atoms with Gasteiger partial charge in [0.05, 0.1) is 12.6 Å². The second-order valence-corrected chi connectivity index (χ2v) is 20.3. The van der Waals surface area contributed by atoms with Crippen molar-refractivity contribution in [3.8, 4) is 0 Å². The molecule has 10 atom stereocenters. The number of rotatable bonds is 34. The van der Waals surface area contributed by atoms with Crippen LogP contribution >= 0.6 is 24.4 Å². The maximum Gasteiger partial charge on any atom is 0.326 e. The number of urea groups is 1. The minimum absolute atomic E-state index is 0.00652. The van der Waals surface area contributed by atoms with Crippen molar-refractivity contribution in [2.24, 2.45) is 35.1 Å². The summed E-state index contributed by atoms with van der Waals surface area (Å²) in [4.78, 5) is 133. The van der Waals surface area contributed by atoms with Gasteiger partial charge < -0.3 is 69.5 Å². The van der Waals surface area contributed by atoms with E-state index in [1.807, 2.05) is 13.8 Å². The zero-order valence-electron chi connectivity index (χ0n) is 43.5. The maximum atomic E-state index is 14.2. The number of aliphatic carboxylic acids is 1. The Morgan fingerprint density at radius 2 is 1.08 bits per heavy atom. The molecule has 10 amide bonds. The topological polar surface area (TPSA) is 371 Å². The van der Waals surface area contributed by atoms with Crippen LogP contribution in [0.1, 0.15) is 93.1 Å². The van der Waals surface area contributed by atoms with Gasteiger partial charge >= 0.3 is 12.0 Å². The molecule has 0 aromatic heterocycles. The van der Waals surface area contributed by atoms with Crippen LogP contribution in [-0.2, 0) is 49.6 Å². The number of nitrogens with one attached hydrogen (secondary N) is 9. The number of primary amides is 1. The number of carbonyl (C=O) groups excluding carboxylic acids is 9. The average molecular weight is 1070 g/mol. The Hall–Kier alpha value is -5.66. The quantitative estimate of drug-likeness (QED) is 0.0293. The van der Waals surface area contributed by atoms with E-state index in [0.29, 0.717) is 12.2 Å². The zero-order chi connectivity index (χ0) is 55.5. The Bertz CT molecular complexity index is 1980. The van der Waals surface area contributed by atoms with E-state index >= 15 is 0 Å². The summed E-state index contributed by atoms with van der Waals surface area (Å²) >= 11 is 5.62. The highest BCUT2D eigenvalue weighted by molar-refractivity contribution is 7.98. The van der Waals surface area contributed by atoms with E-state index in [9.17, 15) is 58.2 Å². The first-order valence-corrected chi connectivity index (χ1v) is 26.5. The van der Waals surface area contributed by atoms with Crippen molar-refractivity contribution in [1.29, 1.82) is 0 Å². The number of carboxylic acids is 1. The molecule has 1 aromatic carbocycles. The molecule has 23 nitrogen and oxygen atoms in total. The van der Waals surface area contributed by atoms with Crippen LogP contribution in [0.4, 0.5) is 4.79 Å². The number of amides is 10. The van der Waals surface area contributed by atoms with Crippen LogP contribution in [0.2, 0.25) is 0 Å². The Balaban J connectivity index is 3.36. The number of hydrogen-bond acceptors (Lipinski definition) is 14. The number of carbonyl (C=O) groups is 10. The lowest BCUT2D eigenvalue weighted by atomic mass is 9.95. The molecule has 1 rings (SSSR count). The first-order chi connectivity index (χ1) is 34.3. The lowest BCUT2D eigenvalue weighted by Gasteiger charge is -2.31. The Morgan fingerprint density at radius 3 is 1.59 bits per heavy atom. The van der Waals surface area contributed by atoms with Crippen LogP contribution in [0, 0.1) is 23.7 Å². The molecule has 0 radical (unpaired) electrons. The monoisotopic (exact) mass is 1070 g/mol. The average Bonchev–Trinajstić information content (AvgIpc) is 3.33. The minimum atomic E-state index is -1.49. The summed E-state index contributed by atoms with van der Waals surface area (Å²) in [5.74, 6) is -9.13. The SMILES string of the molecule is CC[C@H](C)[C@H](NC(=O)[C@H](CCCNC(N)=O)NC(=O)[C@H](CCSC)NC(=O)[C@H](CO)NC(=O)[C@@H](N)Cc1ccccc1)C(=O)N[C@H](C(=O)N[C@@H](CS)C(=O)N[C@@H](CC(C)C)C(=O)N[C@H](C(=O)O)C(C)C)C(C)C. The second-order valence-electron chi connectivity index (χ2n) is 19.0. The summed E-state index contributed by atoms with van der Waals surface area (Å²) < 4.78 is 0. The van der Waals surface area contributed by atoms with E-state index in [1.165, 1.54) is 11.8 Å². The molecule has 0 unspecified atom stereocenters. The molecule has 0 saturated carbocycles. The van der Waals surface area contributed by atoms with E-state index in [0.717, 1.165) is 5.56 Å². The van der Waals surface area contributed by atoms with Crippen LogP contribution in [0.3, 0.4) is 0 Å². The predicted molar refractivity (Wildman–Crippen MR) is 281 cm³/mol. The van der Waals surface area contributed by atoms with Crippen molar-refractivity contribution < 1.29 is 58.2 Å². The van der Waals surface area contributed by atoms with Crippen molar-refractivity contribution in [3.05, 3.63) is 35.9 Å². The second kappa shape index (κ2) is 33.9. The Kier molecular flexibility index (Phi) is 30.4. The molecule has 0 spiro atoms. The van der Waals surface area contributed by atoms with E-state index in [-0.39, 0.29) is 50.3 Å². The van der Waals surface area contributed by atoms with Crippen LogP contribution in [0.25, 0.3) is 0 Å². The first kappa shape index (κ1) is 65.4. The lowest BCUT2D eigenvalue weighted by molar-refractivity contribution is -0.143. The maximum absolute atomic E-state index is 14.2. The molecule has 0 saturated heterocycles. The van der Waals surface area contributed by atoms with Crippen LogP contribution in [0.15, 0.2) is 30.3 Å². The van der Waals surface area contributed by atoms with E-state index in [4.69, 9.17) is 11.5 Å². The normalized spacial score (nSPS) is 15.4. The Morgan fingerprint density at radius 1 is 0.616 bits per heavy atom. The van der Waals surface area contributed by atoms with Gasteiger partial charge in [0.1, 0.15) is 48.3 Å². The highest BCUT2D eigenvalue weighted by atomic mass is 32.2. The van der Waals surface area contributed by atoms with Gasteiger partial charge in [-0.2, -0.15) is 24.4 Å². The summed E-state index contributed by atoms with van der Waals surface area (Å²) in [6.45, 7) is 12.8. The van der Waals surface area contributed by atoms with E-state index in [2.05, 4.69) is 60.5 Å². The highest BCUT2D eigenvalue weighted by Gasteiger charge is 2.37. The molecule has 1 aromatic rings. The molecule has 15 N–H and O–H groups in total. The summed E-state index contributed by atoms with van der Waals surface area (Å²) in [5.41, 5.74) is 12.1. The number of hydrogen-bond donors (Lipinski definition) is 14. The third kappa shape index (κ3) is 23.8. The molecule has 0 aliphatic heterocycles. The van der Waals surface area contributed by atoms with Gasteiger partial charge in [0.2, 0.25) is 47.3 Å². The largest absolute Gasteiger partial charge is 0.480 e. The number of benzene rings is 1. The molecular formula is C48H81N11O12S2. The number of nitrogens with two attached hydrogens (primary N) is 2. The van der Waals surface area contributed by atoms with Crippen LogP contribution < -0.4 is 59.3 Å². The summed E-state index contributed by atoms with van der Waals surface area (Å²) in [7, 11) is 0. The van der Waals surface area contributed by atoms with Crippen molar-refractivity contribution in [3.63, 3.8) is 0 Å². The van der Waals surface area contributed by atoms with E-state index < -0.39 is 138 Å². The van der Waals surface area contributed by atoms with Crippen molar-refractivity contribution in [2.45, 2.75) is 148 Å². The molecule has 0 bridgehead atoms. The summed E-state index contributed by atoms with van der Waals surface area (Å²) in [6.07, 6.45) is 2.50. The molecule has 0 fully saturated rings. The molecule has 0 aliphatic carbocycles. The molecule has 0 aliphatic rings. The minimum Gasteiger partial charge on any atom is -0.480 e. The number of thioether (sulfide) groups is 1. The van der Waals surface area contributed by atoms with Gasteiger partial charge in [0.15, 0.2) is 0 Å². The first-order valence-electron chi connectivity index (χ1n) is 24.5. The third-order valence-corrected chi connectivity index (χ3v) is 12.7. The van der Waals surface area contributed by atoms with E-state index in [1.54, 1.807) is 78.1 Å². The van der Waals surface area contributed by atoms with Gasteiger partial charge in [0.25, 0.3) is 0 Å². The van der Waals surface area contributed by atoms with Gasteiger partial charge in [-0.3, -0.25) is 38.4 Å². The zero-order valence-corrected chi connectivity index (χ0v) is 45.2. The molecule has 0 heterocycles. The van der Waals surface area contributed by atoms with Gasteiger partial charge in [0, 0.05) is 12.3 Å². The smallest absolute Gasteiger partial charge is 0.326 e. The third-order valence-electron chi connectivity index (χ3n) is 11.7. The lowest BCUT2D eigenvalue weighted by Crippen LogP contribution is -2.62. The van der Waals surface area contributed by atoms with Crippen molar-refractivity contribution in [1.82, 2.24) is 47.9 Å². The van der Waals surface area contributed by atoms with Crippen LogP contribution in [0.5, 0.6) is 0 Å². The molecule has 412 valence electrons. The fourth-order valence-electron chi connectivity index (χ4n) is 7.20. The van der Waals surface area contributed by atoms with Crippen LogP contribution in [-0.4, -0.2) is 155 Å². The number of thiol groups is 1. The highest BCUT2D eigenvalue weighted by Crippen LogP contribution is 2.14. The number of aliphatic hydroxyl groups is 1. The van der Waals surface area contributed by atoms with Crippen molar-refractivity contribution in [2.75, 3.05) is 30.9 Å². The standard InChI is InChI=1S/C48H81N11O12S2/c1-10-28(8)38(46(68)57-36(26(4)5)45(67)56-35(24-72)44(66)54-33(21-25(2)3)42(64)58-37(27(6)7)47(69)70)59-41(63)31(17-14-19-51-48(50)71)52-40(62)32(18-20-73-9)53-43(65)34(23-60)55-39(61)30(49)22-29-15-12-11-13-16-29/h11-13,15-16,25-28,30-38,60,72H,10,14,17-24,49H2,1-9H3,(H,52,62)(H,53,65)(H,54,66)(H,55,61)(H,56,67)(H,57,68)(H,58,64)(H,59,63)(H,69,70)(H3,50,51,71)/t28-,30-,31-,32-,33-,34-,35-,36-,37-,38-/m0/s1. The number of carboxylic acid groups (broad SMARTS) is 1. The molecule has 73 heavy (non-hydrogen) atoms. The van der Waals surface area contributed by atoms with Crippen molar-refractivity contribution >= 4 is 83.6 Å². The fraction of sp³-hybridized carbons (Fsp3) is 0.667. The predicted octanol–water partition coefficient (Wildman–Crippen LogP) is -0.953. The molecule has 25 heteroatoms. The summed E-state index contributed by atoms with van der Waals surface area (Å²) in [6, 6.07) is -3.35. The Labute approximate surface area is 438 Å². The van der Waals surface area contributed by atoms with Gasteiger partial charge in [-0.15, -0.1) is 0 Å². The van der Waals surface area contributed by atoms with Gasteiger partial charge in [-0.05, 0) is 73.3 Å². The summed E-state index contributed by atoms with van der Waals surface area (Å²) in [5, 5.41) is 42.8. The van der Waals surface area contributed by atoms with Gasteiger partial charge in [-0.25, -0.2) is 9.59 Å². The molecular weight excluding hydrogens is 987 g/mol. The van der Waals surface area contributed by atoms with Gasteiger partial charge in [-0.1, -0.05) is 92.1 Å². The number of aliphatic hydroxyl groups excluding tert-OH is 1.